The normalized spacial score (nSPS) is 10.6. The van der Waals surface area contributed by atoms with Crippen LogP contribution < -0.4 is 19.5 Å². The van der Waals surface area contributed by atoms with Gasteiger partial charge in [0.1, 0.15) is 5.75 Å². The van der Waals surface area contributed by atoms with Crippen LogP contribution in [0.25, 0.3) is 6.08 Å². The van der Waals surface area contributed by atoms with Gasteiger partial charge in [0.25, 0.3) is 0 Å². The lowest BCUT2D eigenvalue weighted by Crippen LogP contribution is -2.33. The highest BCUT2D eigenvalue weighted by atomic mass is 16.5. The van der Waals surface area contributed by atoms with E-state index in [-0.39, 0.29) is 18.4 Å². The standard InChI is InChI=1S/C24H30N2O5/c1-5-6-14-31-21-12-10-18(15-22(21)30-4)11-13-24(28)26(2)17-23(27)25-19-8-7-9-20(16-19)29-3/h7-13,15-16H,5-6,14,17H2,1-4H3,(H,25,27). The first kappa shape index (κ1) is 23.8. The molecule has 0 saturated heterocycles. The number of benzene rings is 2. The van der Waals surface area contributed by atoms with Gasteiger partial charge in [0.15, 0.2) is 11.5 Å². The summed E-state index contributed by atoms with van der Waals surface area (Å²) in [5, 5.41) is 2.75. The van der Waals surface area contributed by atoms with Crippen molar-refractivity contribution in [2.75, 3.05) is 39.7 Å². The Kier molecular flexibility index (Phi) is 9.42. The second kappa shape index (κ2) is 12.3. The lowest BCUT2D eigenvalue weighted by atomic mass is 10.2. The van der Waals surface area contributed by atoms with Gasteiger partial charge in [0, 0.05) is 24.9 Å². The number of carbonyl (C=O) groups is 2. The highest BCUT2D eigenvalue weighted by Gasteiger charge is 2.11. The number of amides is 2. The third kappa shape index (κ3) is 7.70. The van der Waals surface area contributed by atoms with E-state index in [0.717, 1.165) is 18.4 Å². The molecule has 2 amide bonds. The van der Waals surface area contributed by atoms with Crippen molar-refractivity contribution in [3.8, 4) is 17.2 Å². The molecular formula is C24H30N2O5. The number of unbranched alkanes of at least 4 members (excludes halogenated alkanes) is 1. The van der Waals surface area contributed by atoms with Gasteiger partial charge in [-0.25, -0.2) is 0 Å². The SMILES string of the molecule is CCCCOc1ccc(C=CC(=O)N(C)CC(=O)Nc2cccc(OC)c2)cc1OC. The van der Waals surface area contributed by atoms with Gasteiger partial charge in [-0.3, -0.25) is 9.59 Å². The van der Waals surface area contributed by atoms with E-state index in [1.54, 1.807) is 57.7 Å². The van der Waals surface area contributed by atoms with E-state index in [4.69, 9.17) is 14.2 Å². The van der Waals surface area contributed by atoms with Crippen molar-refractivity contribution in [1.82, 2.24) is 4.90 Å². The third-order valence-corrected chi connectivity index (χ3v) is 4.47. The first-order chi connectivity index (χ1) is 15.0. The number of nitrogens with zero attached hydrogens (tertiary/aromatic N) is 1. The summed E-state index contributed by atoms with van der Waals surface area (Å²) in [5.74, 6) is 1.33. The van der Waals surface area contributed by atoms with Crippen molar-refractivity contribution < 1.29 is 23.8 Å². The Hall–Kier alpha value is -3.48. The minimum atomic E-state index is -0.298. The topological polar surface area (TPSA) is 77.1 Å². The number of methoxy groups -OCH3 is 2. The van der Waals surface area contributed by atoms with Gasteiger partial charge < -0.3 is 24.4 Å². The van der Waals surface area contributed by atoms with Gasteiger partial charge in [-0.1, -0.05) is 25.5 Å². The summed E-state index contributed by atoms with van der Waals surface area (Å²) >= 11 is 0. The predicted molar refractivity (Wildman–Crippen MR) is 122 cm³/mol. The van der Waals surface area contributed by atoms with E-state index >= 15 is 0 Å². The summed E-state index contributed by atoms with van der Waals surface area (Å²) < 4.78 is 16.2. The number of nitrogens with one attached hydrogen (secondary N) is 1. The molecule has 0 aliphatic carbocycles. The molecular weight excluding hydrogens is 396 g/mol. The van der Waals surface area contributed by atoms with Gasteiger partial charge in [-0.05, 0) is 42.3 Å². The molecule has 2 aromatic carbocycles. The molecule has 0 spiro atoms. The van der Waals surface area contributed by atoms with Crippen molar-refractivity contribution in [3.05, 3.63) is 54.1 Å². The maximum atomic E-state index is 12.4. The molecule has 7 heteroatoms. The Morgan fingerprint density at radius 1 is 1.06 bits per heavy atom. The second-order valence-electron chi connectivity index (χ2n) is 6.92. The van der Waals surface area contributed by atoms with E-state index in [1.807, 2.05) is 12.1 Å². The smallest absolute Gasteiger partial charge is 0.246 e. The summed E-state index contributed by atoms with van der Waals surface area (Å²) in [7, 11) is 4.71. The summed E-state index contributed by atoms with van der Waals surface area (Å²) in [6.07, 6.45) is 5.12. The quantitative estimate of drug-likeness (QED) is 0.434. The minimum absolute atomic E-state index is 0.0755. The molecule has 0 atom stereocenters. The largest absolute Gasteiger partial charge is 0.497 e. The molecule has 0 heterocycles. The highest BCUT2D eigenvalue weighted by molar-refractivity contribution is 5.98. The zero-order valence-electron chi connectivity index (χ0n) is 18.5. The Morgan fingerprint density at radius 2 is 1.87 bits per heavy atom. The van der Waals surface area contributed by atoms with Crippen molar-refractivity contribution >= 4 is 23.6 Å². The van der Waals surface area contributed by atoms with Crippen LogP contribution in [0.15, 0.2) is 48.5 Å². The number of ether oxygens (including phenoxy) is 3. The van der Waals surface area contributed by atoms with Crippen LogP contribution in [0.2, 0.25) is 0 Å². The number of hydrogen-bond acceptors (Lipinski definition) is 5. The van der Waals surface area contributed by atoms with Crippen LogP contribution in [-0.2, 0) is 9.59 Å². The molecule has 0 aromatic heterocycles. The number of rotatable bonds is 11. The predicted octanol–water partition coefficient (Wildman–Crippen LogP) is 3.99. The fourth-order valence-electron chi connectivity index (χ4n) is 2.72. The van der Waals surface area contributed by atoms with Crippen LogP contribution in [-0.4, -0.2) is 51.1 Å². The Morgan fingerprint density at radius 3 is 2.58 bits per heavy atom. The monoisotopic (exact) mass is 426 g/mol. The van der Waals surface area contributed by atoms with E-state index < -0.39 is 0 Å². The van der Waals surface area contributed by atoms with Crippen molar-refractivity contribution in [2.24, 2.45) is 0 Å². The zero-order valence-corrected chi connectivity index (χ0v) is 18.5. The fraction of sp³-hybridized carbons (Fsp3) is 0.333. The summed E-state index contributed by atoms with van der Waals surface area (Å²) in [6, 6.07) is 12.5. The van der Waals surface area contributed by atoms with Gasteiger partial charge in [-0.15, -0.1) is 0 Å². The summed E-state index contributed by atoms with van der Waals surface area (Å²) in [5.41, 5.74) is 1.40. The molecule has 0 aliphatic rings. The van der Waals surface area contributed by atoms with E-state index in [0.29, 0.717) is 29.5 Å². The van der Waals surface area contributed by atoms with Crippen LogP contribution in [0, 0.1) is 0 Å². The Bertz CT molecular complexity index is 911. The van der Waals surface area contributed by atoms with Crippen LogP contribution in [0.5, 0.6) is 17.2 Å². The van der Waals surface area contributed by atoms with Crippen molar-refractivity contribution in [3.63, 3.8) is 0 Å². The molecule has 7 nitrogen and oxygen atoms in total. The zero-order chi connectivity index (χ0) is 22.6. The van der Waals surface area contributed by atoms with Crippen LogP contribution in [0.4, 0.5) is 5.69 Å². The average Bonchev–Trinajstić information content (AvgIpc) is 2.78. The van der Waals surface area contributed by atoms with Gasteiger partial charge in [-0.2, -0.15) is 0 Å². The van der Waals surface area contributed by atoms with Crippen molar-refractivity contribution in [2.45, 2.75) is 19.8 Å². The molecule has 31 heavy (non-hydrogen) atoms. The van der Waals surface area contributed by atoms with Gasteiger partial charge in [0.2, 0.25) is 11.8 Å². The first-order valence-corrected chi connectivity index (χ1v) is 10.1. The molecule has 2 rings (SSSR count). The lowest BCUT2D eigenvalue weighted by Gasteiger charge is -2.15. The summed E-state index contributed by atoms with van der Waals surface area (Å²) in [6.45, 7) is 2.65. The molecule has 0 fully saturated rings. The number of carbonyl (C=O) groups excluding carboxylic acids is 2. The maximum Gasteiger partial charge on any atom is 0.246 e. The molecule has 2 aromatic rings. The third-order valence-electron chi connectivity index (χ3n) is 4.47. The Balaban J connectivity index is 1.93. The highest BCUT2D eigenvalue weighted by Crippen LogP contribution is 2.28. The fourth-order valence-corrected chi connectivity index (χ4v) is 2.72. The van der Waals surface area contributed by atoms with E-state index in [1.165, 1.54) is 11.0 Å². The second-order valence-corrected chi connectivity index (χ2v) is 6.92. The number of likely N-dealkylation sites (N-methyl/N-ethyl adjacent to an activating group) is 1. The molecule has 0 saturated carbocycles. The average molecular weight is 427 g/mol. The van der Waals surface area contributed by atoms with E-state index in [2.05, 4.69) is 12.2 Å². The van der Waals surface area contributed by atoms with Gasteiger partial charge >= 0.3 is 0 Å². The van der Waals surface area contributed by atoms with Crippen LogP contribution in [0.1, 0.15) is 25.3 Å². The lowest BCUT2D eigenvalue weighted by molar-refractivity contribution is -0.129. The molecule has 0 unspecified atom stereocenters. The molecule has 0 radical (unpaired) electrons. The minimum Gasteiger partial charge on any atom is -0.497 e. The first-order valence-electron chi connectivity index (χ1n) is 10.1. The summed E-state index contributed by atoms with van der Waals surface area (Å²) in [4.78, 5) is 26.0. The molecule has 1 N–H and O–H groups in total. The van der Waals surface area contributed by atoms with Crippen molar-refractivity contribution in [1.29, 1.82) is 0 Å². The van der Waals surface area contributed by atoms with Crippen LogP contribution in [0.3, 0.4) is 0 Å². The molecule has 0 aliphatic heterocycles. The molecule has 0 bridgehead atoms. The number of hydrogen-bond donors (Lipinski definition) is 1. The number of anilines is 1. The van der Waals surface area contributed by atoms with Gasteiger partial charge in [0.05, 0.1) is 27.4 Å². The molecule has 166 valence electrons. The Labute approximate surface area is 183 Å². The maximum absolute atomic E-state index is 12.4. The van der Waals surface area contributed by atoms with Crippen LogP contribution >= 0.6 is 0 Å². The van der Waals surface area contributed by atoms with E-state index in [9.17, 15) is 9.59 Å².